The van der Waals surface area contributed by atoms with Gasteiger partial charge in [0.2, 0.25) is 17.8 Å². The molecule has 8 heterocycles. The lowest BCUT2D eigenvalue weighted by Gasteiger charge is -2.48. The van der Waals surface area contributed by atoms with E-state index < -0.39 is 42.6 Å². The molecule has 19 nitrogen and oxygen atoms in total. The van der Waals surface area contributed by atoms with Crippen LogP contribution in [0.2, 0.25) is 5.02 Å². The Bertz CT molecular complexity index is 3330. The molecule has 0 bridgehead atoms. The number of amides is 4. The van der Waals surface area contributed by atoms with Gasteiger partial charge in [-0.3, -0.25) is 44.0 Å². The number of nitrogens with one attached hydrogen (secondary N) is 3. The Kier molecular flexibility index (Phi) is 13.3. The number of anilines is 6. The molecule has 390 valence electrons. The van der Waals surface area contributed by atoms with Crippen molar-refractivity contribution in [3.05, 3.63) is 89.3 Å². The minimum absolute atomic E-state index is 0.0158. The number of nitrogens with zero attached hydrogens (tertiary/aromatic N) is 10. The van der Waals surface area contributed by atoms with E-state index in [-0.39, 0.29) is 46.0 Å². The predicted molar refractivity (Wildman–Crippen MR) is 285 cm³/mol. The van der Waals surface area contributed by atoms with Crippen LogP contribution in [0.5, 0.6) is 5.75 Å². The van der Waals surface area contributed by atoms with Crippen molar-refractivity contribution < 1.29 is 32.9 Å². The van der Waals surface area contributed by atoms with E-state index in [1.165, 1.54) is 12.3 Å². The van der Waals surface area contributed by atoms with Gasteiger partial charge in [-0.1, -0.05) is 11.6 Å². The zero-order chi connectivity index (χ0) is 52.3. The average Bonchev–Trinajstić information content (AvgIpc) is 3.94. The number of fused-ring (bicyclic) bond motifs is 2. The second kappa shape index (κ2) is 19.9. The molecule has 75 heavy (non-hydrogen) atoms. The van der Waals surface area contributed by atoms with Crippen molar-refractivity contribution in [2.45, 2.75) is 57.4 Å². The Morgan fingerprint density at radius 2 is 1.53 bits per heavy atom. The lowest BCUT2D eigenvalue weighted by atomic mass is 9.71. The van der Waals surface area contributed by atoms with Gasteiger partial charge in [0.25, 0.3) is 11.8 Å². The zero-order valence-electron chi connectivity index (χ0n) is 42.2. The number of aromatic nitrogens is 6. The fourth-order valence-electron chi connectivity index (χ4n) is 11.7. The maximum absolute atomic E-state index is 15.7. The van der Waals surface area contributed by atoms with Crippen LogP contribution in [-0.2, 0) is 21.2 Å². The first-order valence-corrected chi connectivity index (χ1v) is 28.4. The van der Waals surface area contributed by atoms with Crippen LogP contribution in [0.25, 0.3) is 22.2 Å². The van der Waals surface area contributed by atoms with Gasteiger partial charge in [0.1, 0.15) is 35.3 Å². The summed E-state index contributed by atoms with van der Waals surface area (Å²) in [6.45, 7) is 9.43. The minimum Gasteiger partial charge on any atom is -0.494 e. The summed E-state index contributed by atoms with van der Waals surface area (Å²) in [6, 6.07) is 9.23. The van der Waals surface area contributed by atoms with E-state index in [2.05, 4.69) is 57.9 Å². The third kappa shape index (κ3) is 9.79. The van der Waals surface area contributed by atoms with E-state index in [0.717, 1.165) is 99.0 Å². The summed E-state index contributed by atoms with van der Waals surface area (Å²) in [6.07, 6.45) is 14.7. The van der Waals surface area contributed by atoms with Crippen LogP contribution in [0.4, 0.5) is 38.9 Å². The lowest BCUT2D eigenvalue weighted by molar-refractivity contribution is -0.136. The normalized spacial score (nSPS) is 19.5. The quantitative estimate of drug-likeness (QED) is 0.0807. The van der Waals surface area contributed by atoms with Gasteiger partial charge < -0.3 is 34.6 Å². The Labute approximate surface area is 437 Å². The van der Waals surface area contributed by atoms with Crippen LogP contribution < -0.4 is 35.8 Å². The second-order valence-corrected chi connectivity index (χ2v) is 24.4. The minimum atomic E-state index is -2.85. The summed E-state index contributed by atoms with van der Waals surface area (Å²) in [5, 5.41) is 14.2. The highest BCUT2D eigenvalue weighted by molar-refractivity contribution is 7.71. The first-order chi connectivity index (χ1) is 36.0. The molecule has 3 N–H and O–H groups in total. The lowest BCUT2D eigenvalue weighted by Crippen LogP contribution is -2.54. The van der Waals surface area contributed by atoms with Gasteiger partial charge in [0.05, 0.1) is 58.5 Å². The number of rotatable bonds is 12. The standard InChI is InChI=1S/C53H58ClFN13O6P/c1-64-30-32(27-59-64)33-24-40(61-52-58-28-36(54)48(63-52)60-39-6-5-38-46(57-16-15-56-38)47(39)75(3,4)73)44(74-2)26-42(33)67-21-13-53(14-22-67)11-19-65(20-12-53)29-31-9-17-66(18-10-31)43-25-35-34(23-37(43)55)50(71)68(51(35)72)41-7-8-45(69)62-49(41)70/h5-6,15-16,23-28,30-31,41H,7-14,17-22,29H2,1-4H3,(H,62,69,70)(H2,58,60,61,63)/t41-/m0/s1. The SMILES string of the molecule is COc1cc(N2CCC3(CCN(CC4CCN(c5cc6c(cc5F)C(=O)N([C@H]5CCC(=O)NC5=O)C6=O)CC4)CC3)CC2)c(-c2cnn(C)c2)cc1Nc1ncc(Cl)c(Nc2ccc3nccnc3c2P(C)(C)=O)n1. The highest BCUT2D eigenvalue weighted by Gasteiger charge is 2.46. The van der Waals surface area contributed by atoms with E-state index in [0.29, 0.717) is 58.3 Å². The third-order valence-corrected chi connectivity index (χ3v) is 17.6. The number of halogens is 2. The molecule has 1 spiro atoms. The Morgan fingerprint density at radius 1 is 0.827 bits per heavy atom. The highest BCUT2D eigenvalue weighted by Crippen LogP contribution is 2.47. The van der Waals surface area contributed by atoms with Crippen LogP contribution in [0.1, 0.15) is 72.1 Å². The molecule has 0 radical (unpaired) electrons. The monoisotopic (exact) mass is 1060 g/mol. The predicted octanol–water partition coefficient (Wildman–Crippen LogP) is 7.36. The molecule has 11 rings (SSSR count). The van der Waals surface area contributed by atoms with Crippen molar-refractivity contribution in [3.8, 4) is 16.9 Å². The molecule has 0 saturated carbocycles. The summed E-state index contributed by atoms with van der Waals surface area (Å²) in [5.74, 6) is -1.42. The zero-order valence-corrected chi connectivity index (χ0v) is 43.9. The molecular weight excluding hydrogens is 1000 g/mol. The van der Waals surface area contributed by atoms with Crippen LogP contribution in [-0.4, -0.2) is 135 Å². The second-order valence-electron chi connectivity index (χ2n) is 20.9. The summed E-state index contributed by atoms with van der Waals surface area (Å²) in [7, 11) is 0.697. The Morgan fingerprint density at radius 3 is 2.23 bits per heavy atom. The first-order valence-electron chi connectivity index (χ1n) is 25.4. The van der Waals surface area contributed by atoms with Crippen LogP contribution in [0.3, 0.4) is 0 Å². The van der Waals surface area contributed by atoms with Gasteiger partial charge in [-0.25, -0.2) is 9.37 Å². The summed E-state index contributed by atoms with van der Waals surface area (Å²) < 4.78 is 37.1. The van der Waals surface area contributed by atoms with Gasteiger partial charge in [0, 0.05) is 87.7 Å². The van der Waals surface area contributed by atoms with E-state index in [1.54, 1.807) is 37.5 Å². The topological polar surface area (TPSA) is 213 Å². The third-order valence-electron chi connectivity index (χ3n) is 15.8. The molecular formula is C53H58ClFN13O6P. The average molecular weight is 1060 g/mol. The number of carbonyl (C=O) groups excluding carboxylic acids is 4. The molecule has 0 unspecified atom stereocenters. The van der Waals surface area contributed by atoms with Crippen molar-refractivity contribution >= 4 is 93.2 Å². The number of piperidine rings is 4. The van der Waals surface area contributed by atoms with Crippen molar-refractivity contribution in [2.24, 2.45) is 18.4 Å². The molecule has 6 aromatic rings. The fraction of sp³-hybridized carbons (Fsp3) is 0.415. The van der Waals surface area contributed by atoms with E-state index in [9.17, 15) is 23.7 Å². The van der Waals surface area contributed by atoms with Crippen LogP contribution >= 0.6 is 18.7 Å². The number of carbonyl (C=O) groups is 4. The first kappa shape index (κ1) is 50.2. The molecule has 5 aliphatic heterocycles. The van der Waals surface area contributed by atoms with Crippen molar-refractivity contribution in [3.63, 3.8) is 0 Å². The number of imide groups is 2. The maximum Gasteiger partial charge on any atom is 0.262 e. The largest absolute Gasteiger partial charge is 0.494 e. The van der Waals surface area contributed by atoms with E-state index in [1.807, 2.05) is 36.5 Å². The molecule has 22 heteroatoms. The van der Waals surface area contributed by atoms with Crippen LogP contribution in [0, 0.1) is 17.2 Å². The van der Waals surface area contributed by atoms with E-state index in [4.69, 9.17) is 21.3 Å². The Hall–Kier alpha value is -7.02. The molecule has 4 saturated heterocycles. The summed E-state index contributed by atoms with van der Waals surface area (Å²) >= 11 is 6.68. The fourth-order valence-corrected chi connectivity index (χ4v) is 13.2. The van der Waals surface area contributed by atoms with Gasteiger partial charge in [0.15, 0.2) is 5.82 Å². The number of hydrogen-bond donors (Lipinski definition) is 3. The number of aryl methyl sites for hydroxylation is 1. The van der Waals surface area contributed by atoms with E-state index >= 15 is 4.39 Å². The Balaban J connectivity index is 0.723. The molecule has 4 amide bonds. The van der Waals surface area contributed by atoms with Crippen LogP contribution in [0.15, 0.2) is 67.4 Å². The van der Waals surface area contributed by atoms with Gasteiger partial charge in [-0.2, -0.15) is 10.1 Å². The summed E-state index contributed by atoms with van der Waals surface area (Å²) in [5.41, 5.74) is 5.94. The van der Waals surface area contributed by atoms with Gasteiger partial charge >= 0.3 is 0 Å². The van der Waals surface area contributed by atoms with Crippen molar-refractivity contribution in [1.29, 1.82) is 0 Å². The van der Waals surface area contributed by atoms with Gasteiger partial charge in [-0.05, 0) is 113 Å². The highest BCUT2D eigenvalue weighted by atomic mass is 35.5. The molecule has 3 aromatic carbocycles. The van der Waals surface area contributed by atoms with Gasteiger partial charge in [-0.15, -0.1) is 0 Å². The van der Waals surface area contributed by atoms with Crippen molar-refractivity contribution in [1.82, 2.24) is 44.8 Å². The molecule has 1 atom stereocenters. The molecule has 3 aromatic heterocycles. The summed E-state index contributed by atoms with van der Waals surface area (Å²) in [4.78, 5) is 77.0. The molecule has 5 aliphatic rings. The molecule has 4 fully saturated rings. The number of benzene rings is 3. The smallest absolute Gasteiger partial charge is 0.262 e. The number of methoxy groups -OCH3 is 1. The van der Waals surface area contributed by atoms with Crippen molar-refractivity contribution in [2.75, 3.05) is 86.7 Å². The number of ether oxygens (including phenoxy) is 1. The maximum atomic E-state index is 15.7. The molecule has 0 aliphatic carbocycles. The number of hydrogen-bond acceptors (Lipinski definition) is 16. The number of likely N-dealkylation sites (tertiary alicyclic amines) is 1.